The van der Waals surface area contributed by atoms with E-state index in [-0.39, 0.29) is 5.41 Å². The van der Waals surface area contributed by atoms with Crippen LogP contribution in [0.25, 0.3) is 10.9 Å². The summed E-state index contributed by atoms with van der Waals surface area (Å²) in [5.41, 5.74) is 4.22. The summed E-state index contributed by atoms with van der Waals surface area (Å²) in [5, 5.41) is 2.15. The monoisotopic (exact) mass is 245 g/mol. The number of benzene rings is 1. The van der Waals surface area contributed by atoms with Crippen molar-refractivity contribution in [3.8, 4) is 0 Å². The van der Waals surface area contributed by atoms with E-state index < -0.39 is 0 Å². The van der Waals surface area contributed by atoms with E-state index >= 15 is 0 Å². The van der Waals surface area contributed by atoms with Crippen molar-refractivity contribution in [1.29, 1.82) is 0 Å². The van der Waals surface area contributed by atoms with Crippen LogP contribution in [0.4, 0.5) is 0 Å². The second-order valence-corrected chi connectivity index (χ2v) is 5.61. The van der Waals surface area contributed by atoms with Gasteiger partial charge in [-0.3, -0.25) is 0 Å². The minimum absolute atomic E-state index is 0.107. The van der Waals surface area contributed by atoms with Crippen molar-refractivity contribution in [2.75, 3.05) is 0 Å². The maximum Gasteiger partial charge on any atom is 0.0498 e. The molecular formula is C15H16ClN. The smallest absolute Gasteiger partial charge is 0.0498 e. The molecule has 1 aromatic heterocycles. The summed E-state index contributed by atoms with van der Waals surface area (Å²) >= 11 is 6.08. The lowest BCUT2D eigenvalue weighted by Crippen LogP contribution is -2.18. The molecule has 0 radical (unpaired) electrons. The molecule has 17 heavy (non-hydrogen) atoms. The van der Waals surface area contributed by atoms with Gasteiger partial charge in [-0.25, -0.2) is 0 Å². The Labute approximate surface area is 107 Å². The Morgan fingerprint density at radius 1 is 1.47 bits per heavy atom. The molecule has 1 heterocycles. The van der Waals surface area contributed by atoms with Crippen LogP contribution in [-0.2, 0) is 18.9 Å². The Morgan fingerprint density at radius 3 is 2.94 bits per heavy atom. The Morgan fingerprint density at radius 2 is 2.24 bits per heavy atom. The van der Waals surface area contributed by atoms with Crippen LogP contribution in [0, 0.1) is 0 Å². The summed E-state index contributed by atoms with van der Waals surface area (Å²) in [6, 6.07) is 6.18. The summed E-state index contributed by atoms with van der Waals surface area (Å²) in [6.45, 7) is 6.27. The summed E-state index contributed by atoms with van der Waals surface area (Å²) in [4.78, 5) is 0. The van der Waals surface area contributed by atoms with Gasteiger partial charge in [0.15, 0.2) is 0 Å². The Kier molecular flexibility index (Phi) is 2.18. The van der Waals surface area contributed by atoms with Crippen LogP contribution in [0.1, 0.15) is 24.6 Å². The van der Waals surface area contributed by atoms with Gasteiger partial charge >= 0.3 is 0 Å². The molecule has 1 aliphatic carbocycles. The maximum absolute atomic E-state index is 6.08. The average Bonchev–Trinajstić information content (AvgIpc) is 2.79. The topological polar surface area (TPSA) is 4.93 Å². The molecule has 2 heteroatoms. The third-order valence-electron chi connectivity index (χ3n) is 4.15. The van der Waals surface area contributed by atoms with Gasteiger partial charge in [-0.15, -0.1) is 6.58 Å². The van der Waals surface area contributed by atoms with Gasteiger partial charge in [0.1, 0.15) is 0 Å². The van der Waals surface area contributed by atoms with Crippen molar-refractivity contribution >= 4 is 22.5 Å². The number of rotatable bonds is 1. The summed E-state index contributed by atoms with van der Waals surface area (Å²) < 4.78 is 2.28. The second-order valence-electron chi connectivity index (χ2n) is 5.17. The molecule has 0 fully saturated rings. The maximum atomic E-state index is 6.08. The van der Waals surface area contributed by atoms with Gasteiger partial charge in [-0.2, -0.15) is 0 Å². The van der Waals surface area contributed by atoms with E-state index in [1.54, 1.807) is 0 Å². The van der Waals surface area contributed by atoms with E-state index in [1.807, 2.05) is 6.07 Å². The highest BCUT2D eigenvalue weighted by Gasteiger charge is 2.36. The molecule has 1 nitrogen and oxygen atoms in total. The molecule has 1 aliphatic rings. The largest absolute Gasteiger partial charge is 0.346 e. The van der Waals surface area contributed by atoms with Crippen molar-refractivity contribution in [2.24, 2.45) is 7.05 Å². The first-order valence-electron chi connectivity index (χ1n) is 5.98. The zero-order chi connectivity index (χ0) is 12.2. The average molecular weight is 246 g/mol. The Bertz CT molecular complexity index is 623. The summed E-state index contributed by atoms with van der Waals surface area (Å²) in [6.07, 6.45) is 4.38. The molecule has 3 rings (SSSR count). The molecule has 0 saturated heterocycles. The lowest BCUT2D eigenvalue weighted by atomic mass is 9.88. The predicted molar refractivity (Wildman–Crippen MR) is 73.8 cm³/mol. The SMILES string of the molecule is C=CC1(C)CCc2c1n(C)c1cc(Cl)ccc21. The van der Waals surface area contributed by atoms with E-state index in [0.717, 1.165) is 17.9 Å². The molecule has 0 amide bonds. The zero-order valence-electron chi connectivity index (χ0n) is 10.3. The fourth-order valence-electron chi connectivity index (χ4n) is 3.17. The molecule has 1 atom stereocenters. The van der Waals surface area contributed by atoms with E-state index in [4.69, 9.17) is 11.6 Å². The first-order valence-corrected chi connectivity index (χ1v) is 6.35. The van der Waals surface area contributed by atoms with Gasteiger partial charge in [0.05, 0.1) is 0 Å². The number of aromatic nitrogens is 1. The highest BCUT2D eigenvalue weighted by molar-refractivity contribution is 6.31. The van der Waals surface area contributed by atoms with Crippen LogP contribution in [-0.4, -0.2) is 4.57 Å². The number of aryl methyl sites for hydroxylation is 2. The van der Waals surface area contributed by atoms with Gasteiger partial charge in [-0.1, -0.05) is 30.7 Å². The van der Waals surface area contributed by atoms with Crippen LogP contribution in [0.2, 0.25) is 5.02 Å². The second kappa shape index (κ2) is 3.39. The van der Waals surface area contributed by atoms with E-state index in [1.165, 1.54) is 22.2 Å². The van der Waals surface area contributed by atoms with Gasteiger partial charge in [-0.05, 0) is 30.5 Å². The fourth-order valence-corrected chi connectivity index (χ4v) is 3.34. The van der Waals surface area contributed by atoms with Gasteiger partial charge in [0.25, 0.3) is 0 Å². The predicted octanol–water partition coefficient (Wildman–Crippen LogP) is 4.22. The molecule has 0 aliphatic heterocycles. The van der Waals surface area contributed by atoms with E-state index in [9.17, 15) is 0 Å². The molecule has 88 valence electrons. The highest BCUT2D eigenvalue weighted by atomic mass is 35.5. The number of hydrogen-bond donors (Lipinski definition) is 0. The normalized spacial score (nSPS) is 23.0. The molecule has 1 unspecified atom stereocenters. The van der Waals surface area contributed by atoms with Crippen molar-refractivity contribution in [1.82, 2.24) is 4.57 Å². The van der Waals surface area contributed by atoms with E-state index in [0.29, 0.717) is 0 Å². The van der Waals surface area contributed by atoms with Gasteiger partial charge in [0.2, 0.25) is 0 Å². The minimum Gasteiger partial charge on any atom is -0.346 e. The Hall–Kier alpha value is -1.21. The number of nitrogens with zero attached hydrogens (tertiary/aromatic N) is 1. The van der Waals surface area contributed by atoms with Crippen molar-refractivity contribution in [2.45, 2.75) is 25.2 Å². The first-order chi connectivity index (χ1) is 8.07. The number of halogens is 1. The third-order valence-corrected chi connectivity index (χ3v) is 4.39. The lowest BCUT2D eigenvalue weighted by molar-refractivity contribution is 0.556. The molecule has 0 saturated carbocycles. The zero-order valence-corrected chi connectivity index (χ0v) is 11.0. The highest BCUT2D eigenvalue weighted by Crippen LogP contribution is 2.44. The first kappa shape index (κ1) is 10.9. The summed E-state index contributed by atoms with van der Waals surface area (Å²) in [5.74, 6) is 0. The standard InChI is InChI=1S/C15H16ClN/c1-4-15(2)8-7-12-11-6-5-10(16)9-13(11)17(3)14(12)15/h4-6,9H,1,7-8H2,2-3H3. The van der Waals surface area contributed by atoms with Crippen LogP contribution in [0.15, 0.2) is 30.9 Å². The molecule has 0 spiro atoms. The molecule has 0 N–H and O–H groups in total. The Balaban J connectivity index is 2.41. The van der Waals surface area contributed by atoms with Crippen LogP contribution >= 0.6 is 11.6 Å². The summed E-state index contributed by atoms with van der Waals surface area (Å²) in [7, 11) is 2.13. The number of allylic oxidation sites excluding steroid dienone is 1. The fraction of sp³-hybridized carbons (Fsp3) is 0.333. The number of hydrogen-bond acceptors (Lipinski definition) is 0. The number of fused-ring (bicyclic) bond motifs is 3. The minimum atomic E-state index is 0.107. The van der Waals surface area contributed by atoms with Gasteiger partial charge in [0, 0.05) is 34.1 Å². The van der Waals surface area contributed by atoms with Crippen LogP contribution in [0.3, 0.4) is 0 Å². The molecule has 2 aromatic rings. The van der Waals surface area contributed by atoms with Crippen LogP contribution in [0.5, 0.6) is 0 Å². The quantitative estimate of drug-likeness (QED) is 0.663. The van der Waals surface area contributed by atoms with Crippen molar-refractivity contribution in [3.05, 3.63) is 47.1 Å². The lowest BCUT2D eigenvalue weighted by Gasteiger charge is -2.21. The molecule has 1 aromatic carbocycles. The third kappa shape index (κ3) is 1.32. The van der Waals surface area contributed by atoms with Gasteiger partial charge < -0.3 is 4.57 Å². The molecular weight excluding hydrogens is 230 g/mol. The van der Waals surface area contributed by atoms with Crippen molar-refractivity contribution in [3.63, 3.8) is 0 Å². The van der Waals surface area contributed by atoms with E-state index in [2.05, 4.69) is 43.3 Å². The molecule has 0 bridgehead atoms. The van der Waals surface area contributed by atoms with Crippen LogP contribution < -0.4 is 0 Å². The van der Waals surface area contributed by atoms with Crippen molar-refractivity contribution < 1.29 is 0 Å².